The summed E-state index contributed by atoms with van der Waals surface area (Å²) in [5.74, 6) is -1.78. The van der Waals surface area contributed by atoms with E-state index in [1.807, 2.05) is 0 Å². The molecule has 0 aromatic heterocycles. The zero-order valence-corrected chi connectivity index (χ0v) is 18.9. The van der Waals surface area contributed by atoms with Gasteiger partial charge < -0.3 is 14.8 Å². The van der Waals surface area contributed by atoms with Crippen molar-refractivity contribution >= 4 is 45.2 Å². The van der Waals surface area contributed by atoms with Crippen molar-refractivity contribution in [1.82, 2.24) is 5.32 Å². The third kappa shape index (κ3) is 7.86. The van der Waals surface area contributed by atoms with E-state index < -0.39 is 28.5 Å². The number of hydrogen-bond acceptors (Lipinski definition) is 7. The predicted octanol–water partition coefficient (Wildman–Crippen LogP) is 2.76. The maximum absolute atomic E-state index is 12.6. The molecule has 0 aliphatic carbocycles. The van der Waals surface area contributed by atoms with Crippen LogP contribution in [0.4, 0.5) is 5.69 Å². The first-order valence-electron chi connectivity index (χ1n) is 9.70. The van der Waals surface area contributed by atoms with Crippen LogP contribution >= 0.6 is 11.6 Å². The van der Waals surface area contributed by atoms with Gasteiger partial charge in [0.1, 0.15) is 0 Å². The Morgan fingerprint density at radius 3 is 2.38 bits per heavy atom. The van der Waals surface area contributed by atoms with Crippen LogP contribution in [-0.4, -0.2) is 46.0 Å². The van der Waals surface area contributed by atoms with E-state index in [0.717, 1.165) is 0 Å². The number of carbonyl (C=O) groups is 3. The maximum atomic E-state index is 12.6. The van der Waals surface area contributed by atoms with Gasteiger partial charge in [-0.2, -0.15) is 0 Å². The Kier molecular flexibility index (Phi) is 9.48. The van der Waals surface area contributed by atoms with Gasteiger partial charge in [-0.3, -0.25) is 14.3 Å². The molecule has 0 aliphatic heterocycles. The number of amides is 1. The third-order valence-corrected chi connectivity index (χ3v) is 5.67. The normalized spacial score (nSPS) is 10.8. The SMILES string of the molecule is CCOC(=O)CCCNC(=O)COC(=O)c1ccccc1NS(=O)(=O)c1ccc(Cl)cc1. The van der Waals surface area contributed by atoms with Crippen LogP contribution in [0.3, 0.4) is 0 Å². The van der Waals surface area contributed by atoms with E-state index in [4.69, 9.17) is 21.1 Å². The number of sulfonamides is 1. The molecule has 0 heterocycles. The lowest BCUT2D eigenvalue weighted by molar-refractivity contribution is -0.143. The summed E-state index contributed by atoms with van der Waals surface area (Å²) in [7, 11) is -3.98. The van der Waals surface area contributed by atoms with Gasteiger partial charge in [0.05, 0.1) is 22.8 Å². The summed E-state index contributed by atoms with van der Waals surface area (Å²) in [6.07, 6.45) is 0.545. The molecule has 0 bridgehead atoms. The number of benzene rings is 2. The maximum Gasteiger partial charge on any atom is 0.340 e. The Morgan fingerprint density at radius 1 is 1.00 bits per heavy atom. The molecule has 0 spiro atoms. The Balaban J connectivity index is 1.92. The molecule has 172 valence electrons. The van der Waals surface area contributed by atoms with Crippen LogP contribution in [0.15, 0.2) is 53.4 Å². The van der Waals surface area contributed by atoms with Gasteiger partial charge in [-0.15, -0.1) is 0 Å². The van der Waals surface area contributed by atoms with Crippen molar-refractivity contribution in [2.45, 2.75) is 24.7 Å². The van der Waals surface area contributed by atoms with Gasteiger partial charge in [-0.05, 0) is 49.7 Å². The molecule has 1 amide bonds. The molecular weight excluding hydrogens is 460 g/mol. The monoisotopic (exact) mass is 482 g/mol. The lowest BCUT2D eigenvalue weighted by Gasteiger charge is -2.12. The van der Waals surface area contributed by atoms with Gasteiger partial charge in [0, 0.05) is 18.0 Å². The highest BCUT2D eigenvalue weighted by molar-refractivity contribution is 7.92. The summed E-state index contributed by atoms with van der Waals surface area (Å²) in [4.78, 5) is 35.5. The zero-order chi connectivity index (χ0) is 23.6. The van der Waals surface area contributed by atoms with Crippen LogP contribution in [0.25, 0.3) is 0 Å². The number of ether oxygens (including phenoxy) is 2. The molecule has 0 atom stereocenters. The van der Waals surface area contributed by atoms with E-state index in [1.54, 1.807) is 13.0 Å². The minimum absolute atomic E-state index is 0.00212. The van der Waals surface area contributed by atoms with Gasteiger partial charge in [-0.1, -0.05) is 23.7 Å². The molecule has 2 aromatic carbocycles. The van der Waals surface area contributed by atoms with Crippen LogP contribution in [0.5, 0.6) is 0 Å². The second kappa shape index (κ2) is 12.1. The lowest BCUT2D eigenvalue weighted by Crippen LogP contribution is -2.30. The first-order valence-corrected chi connectivity index (χ1v) is 11.6. The van der Waals surface area contributed by atoms with E-state index in [-0.39, 0.29) is 35.1 Å². The van der Waals surface area contributed by atoms with Crippen molar-refractivity contribution in [3.63, 3.8) is 0 Å². The van der Waals surface area contributed by atoms with Gasteiger partial charge in [0.25, 0.3) is 15.9 Å². The van der Waals surface area contributed by atoms with Crippen LogP contribution in [0, 0.1) is 0 Å². The van der Waals surface area contributed by atoms with Crippen LogP contribution in [-0.2, 0) is 29.1 Å². The van der Waals surface area contributed by atoms with Gasteiger partial charge >= 0.3 is 11.9 Å². The Bertz CT molecular complexity index is 1060. The average Bonchev–Trinajstić information content (AvgIpc) is 2.75. The number of carbonyl (C=O) groups excluding carboxylic acids is 3. The molecule has 2 rings (SSSR count). The summed E-state index contributed by atoms with van der Waals surface area (Å²) in [5.41, 5.74) is -0.0533. The van der Waals surface area contributed by atoms with Crippen LogP contribution in [0.2, 0.25) is 5.02 Å². The number of halogens is 1. The molecule has 9 nitrogen and oxygen atoms in total. The van der Waals surface area contributed by atoms with Gasteiger partial charge in [0.15, 0.2) is 6.61 Å². The summed E-state index contributed by atoms with van der Waals surface area (Å²) in [6, 6.07) is 11.4. The molecule has 2 N–H and O–H groups in total. The van der Waals surface area contributed by atoms with Crippen molar-refractivity contribution in [1.29, 1.82) is 0 Å². The first-order chi connectivity index (χ1) is 15.2. The highest BCUT2D eigenvalue weighted by atomic mass is 35.5. The molecule has 0 radical (unpaired) electrons. The molecule has 2 aromatic rings. The fraction of sp³-hybridized carbons (Fsp3) is 0.286. The largest absolute Gasteiger partial charge is 0.466 e. The van der Waals surface area contributed by atoms with E-state index >= 15 is 0 Å². The molecule has 0 fully saturated rings. The van der Waals surface area contributed by atoms with Crippen molar-refractivity contribution in [2.75, 3.05) is 24.5 Å². The van der Waals surface area contributed by atoms with E-state index in [9.17, 15) is 22.8 Å². The van der Waals surface area contributed by atoms with Crippen molar-refractivity contribution in [3.8, 4) is 0 Å². The number of para-hydroxylation sites is 1. The highest BCUT2D eigenvalue weighted by Gasteiger charge is 2.20. The fourth-order valence-corrected chi connectivity index (χ4v) is 3.73. The highest BCUT2D eigenvalue weighted by Crippen LogP contribution is 2.22. The number of anilines is 1. The second-order valence-corrected chi connectivity index (χ2v) is 8.56. The molecular formula is C21H23ClN2O7S. The molecule has 0 saturated heterocycles. The van der Waals surface area contributed by atoms with Crippen molar-refractivity contribution < 1.29 is 32.3 Å². The summed E-state index contributed by atoms with van der Waals surface area (Å²) >= 11 is 5.79. The standard InChI is InChI=1S/C21H23ClN2O7S/c1-2-30-20(26)8-5-13-23-19(25)14-31-21(27)17-6-3-4-7-18(17)24-32(28,29)16-11-9-15(22)10-12-16/h3-4,6-7,9-12,24H,2,5,8,13-14H2,1H3,(H,23,25). The van der Waals surface area contributed by atoms with Crippen LogP contribution in [0.1, 0.15) is 30.1 Å². The minimum atomic E-state index is -3.98. The van der Waals surface area contributed by atoms with Gasteiger partial charge in [0.2, 0.25) is 0 Å². The molecule has 0 aliphatic rings. The fourth-order valence-electron chi connectivity index (χ4n) is 2.52. The lowest BCUT2D eigenvalue weighted by atomic mass is 10.2. The Morgan fingerprint density at radius 2 is 1.69 bits per heavy atom. The second-order valence-electron chi connectivity index (χ2n) is 6.44. The number of rotatable bonds is 11. The average molecular weight is 483 g/mol. The van der Waals surface area contributed by atoms with Gasteiger partial charge in [-0.25, -0.2) is 13.2 Å². The quantitative estimate of drug-likeness (QED) is 0.372. The summed E-state index contributed by atoms with van der Waals surface area (Å²) in [6.45, 7) is 1.65. The first kappa shape index (κ1) is 25.2. The molecule has 0 unspecified atom stereocenters. The summed E-state index contributed by atoms with van der Waals surface area (Å²) in [5, 5.41) is 2.90. The smallest absolute Gasteiger partial charge is 0.340 e. The Hall–Kier alpha value is -3.11. The van der Waals surface area contributed by atoms with Crippen molar-refractivity contribution in [2.24, 2.45) is 0 Å². The Labute approximate surface area is 191 Å². The number of nitrogens with one attached hydrogen (secondary N) is 2. The third-order valence-electron chi connectivity index (χ3n) is 4.03. The minimum Gasteiger partial charge on any atom is -0.466 e. The number of hydrogen-bond donors (Lipinski definition) is 2. The van der Waals surface area contributed by atoms with Crippen LogP contribution < -0.4 is 10.0 Å². The molecule has 11 heteroatoms. The summed E-state index contributed by atoms with van der Waals surface area (Å²) < 4.78 is 37.3. The topological polar surface area (TPSA) is 128 Å². The predicted molar refractivity (Wildman–Crippen MR) is 118 cm³/mol. The van der Waals surface area contributed by atoms with E-state index in [0.29, 0.717) is 18.1 Å². The van der Waals surface area contributed by atoms with E-state index in [1.165, 1.54) is 42.5 Å². The van der Waals surface area contributed by atoms with E-state index in [2.05, 4.69) is 10.0 Å². The van der Waals surface area contributed by atoms with Crippen molar-refractivity contribution in [3.05, 3.63) is 59.1 Å². The number of esters is 2. The zero-order valence-electron chi connectivity index (χ0n) is 17.3. The molecule has 32 heavy (non-hydrogen) atoms. The molecule has 0 saturated carbocycles.